The molecule has 3 atom stereocenters. The molecular weight excluding hydrogens is 210 g/mol. The van der Waals surface area contributed by atoms with Crippen molar-refractivity contribution in [3.63, 3.8) is 0 Å². The van der Waals surface area contributed by atoms with Crippen molar-refractivity contribution in [3.8, 4) is 0 Å². The minimum Gasteiger partial charge on any atom is -0.388 e. The lowest BCUT2D eigenvalue weighted by Gasteiger charge is -2.33. The molecule has 3 N–H and O–H groups in total. The summed E-state index contributed by atoms with van der Waals surface area (Å²) in [4.78, 5) is 0. The molecule has 0 amide bonds. The molecule has 2 heteroatoms. The molecule has 17 heavy (non-hydrogen) atoms. The van der Waals surface area contributed by atoms with Crippen molar-refractivity contribution >= 4 is 0 Å². The number of hydrogen-bond donors (Lipinski definition) is 2. The molecule has 0 heterocycles. The topological polar surface area (TPSA) is 46.2 Å². The standard InChI is InChI=1S/C15H23NO/c1-2-12-8-9-15(10-12,11-16)14(17)13-6-4-3-5-7-13/h3-7,12,14,17H,2,8-11,16H2,1H3. The summed E-state index contributed by atoms with van der Waals surface area (Å²) in [7, 11) is 0. The zero-order valence-corrected chi connectivity index (χ0v) is 10.6. The lowest BCUT2D eigenvalue weighted by Crippen LogP contribution is -2.34. The van der Waals surface area contributed by atoms with Gasteiger partial charge >= 0.3 is 0 Å². The maximum atomic E-state index is 10.6. The van der Waals surface area contributed by atoms with Crippen LogP contribution in [0.25, 0.3) is 0 Å². The van der Waals surface area contributed by atoms with Crippen LogP contribution in [0.5, 0.6) is 0 Å². The van der Waals surface area contributed by atoms with Crippen molar-refractivity contribution < 1.29 is 5.11 Å². The van der Waals surface area contributed by atoms with Gasteiger partial charge in [0.15, 0.2) is 0 Å². The summed E-state index contributed by atoms with van der Waals surface area (Å²) in [6, 6.07) is 9.95. The third kappa shape index (κ3) is 2.38. The van der Waals surface area contributed by atoms with Gasteiger partial charge in [0.25, 0.3) is 0 Å². The first-order valence-corrected chi connectivity index (χ1v) is 6.65. The Morgan fingerprint density at radius 2 is 2.12 bits per heavy atom. The van der Waals surface area contributed by atoms with Crippen LogP contribution in [0.1, 0.15) is 44.3 Å². The largest absolute Gasteiger partial charge is 0.388 e. The van der Waals surface area contributed by atoms with Gasteiger partial charge in [-0.05, 0) is 30.7 Å². The summed E-state index contributed by atoms with van der Waals surface area (Å²) in [6.07, 6.45) is 4.11. The van der Waals surface area contributed by atoms with Crippen LogP contribution in [0.3, 0.4) is 0 Å². The Bertz CT molecular complexity index is 351. The quantitative estimate of drug-likeness (QED) is 0.840. The van der Waals surface area contributed by atoms with E-state index in [1.165, 1.54) is 12.8 Å². The van der Waals surface area contributed by atoms with Crippen LogP contribution < -0.4 is 5.73 Å². The number of benzene rings is 1. The Morgan fingerprint density at radius 1 is 1.41 bits per heavy atom. The molecule has 1 fully saturated rings. The van der Waals surface area contributed by atoms with E-state index in [9.17, 15) is 5.11 Å². The van der Waals surface area contributed by atoms with E-state index >= 15 is 0 Å². The molecule has 3 unspecified atom stereocenters. The number of nitrogens with two attached hydrogens (primary N) is 1. The van der Waals surface area contributed by atoms with Gasteiger partial charge in [-0.15, -0.1) is 0 Å². The summed E-state index contributed by atoms with van der Waals surface area (Å²) < 4.78 is 0. The van der Waals surface area contributed by atoms with Crippen LogP contribution in [0.4, 0.5) is 0 Å². The maximum Gasteiger partial charge on any atom is 0.0858 e. The Kier molecular flexibility index (Phi) is 3.85. The van der Waals surface area contributed by atoms with Crippen molar-refractivity contribution in [1.82, 2.24) is 0 Å². The molecule has 0 spiro atoms. The van der Waals surface area contributed by atoms with Crippen LogP contribution >= 0.6 is 0 Å². The molecule has 1 aliphatic rings. The van der Waals surface area contributed by atoms with Gasteiger partial charge in [0, 0.05) is 12.0 Å². The molecule has 1 aromatic rings. The first kappa shape index (κ1) is 12.6. The molecule has 1 aromatic carbocycles. The van der Waals surface area contributed by atoms with Crippen molar-refractivity contribution in [2.45, 2.75) is 38.7 Å². The molecule has 1 saturated carbocycles. The van der Waals surface area contributed by atoms with E-state index in [1.807, 2.05) is 30.3 Å². The fourth-order valence-electron chi connectivity index (χ4n) is 3.15. The van der Waals surface area contributed by atoms with E-state index in [0.29, 0.717) is 6.54 Å². The first-order chi connectivity index (χ1) is 8.22. The van der Waals surface area contributed by atoms with E-state index in [1.54, 1.807) is 0 Å². The van der Waals surface area contributed by atoms with Crippen LogP contribution in [0.2, 0.25) is 0 Å². The van der Waals surface area contributed by atoms with Crippen LogP contribution in [-0.4, -0.2) is 11.7 Å². The van der Waals surface area contributed by atoms with Crippen molar-refractivity contribution in [2.75, 3.05) is 6.54 Å². The SMILES string of the molecule is CCC1CCC(CN)(C(O)c2ccccc2)C1. The molecule has 0 aliphatic heterocycles. The van der Waals surface area contributed by atoms with E-state index in [4.69, 9.17) is 5.73 Å². The minimum atomic E-state index is -0.412. The highest BCUT2D eigenvalue weighted by Crippen LogP contribution is 2.50. The normalized spacial score (nSPS) is 30.4. The molecular formula is C15H23NO. The van der Waals surface area contributed by atoms with Gasteiger partial charge in [-0.1, -0.05) is 43.7 Å². The Labute approximate surface area is 104 Å². The van der Waals surface area contributed by atoms with Crippen molar-refractivity contribution in [1.29, 1.82) is 0 Å². The van der Waals surface area contributed by atoms with Crippen LogP contribution in [0, 0.1) is 11.3 Å². The van der Waals surface area contributed by atoms with E-state index in [0.717, 1.165) is 24.3 Å². The van der Waals surface area contributed by atoms with E-state index in [2.05, 4.69) is 6.92 Å². The van der Waals surface area contributed by atoms with Gasteiger partial charge in [-0.2, -0.15) is 0 Å². The number of aliphatic hydroxyl groups excluding tert-OH is 1. The average molecular weight is 233 g/mol. The van der Waals surface area contributed by atoms with E-state index in [-0.39, 0.29) is 5.41 Å². The highest BCUT2D eigenvalue weighted by atomic mass is 16.3. The first-order valence-electron chi connectivity index (χ1n) is 6.65. The van der Waals surface area contributed by atoms with Gasteiger partial charge in [0.05, 0.1) is 6.10 Å². The molecule has 0 radical (unpaired) electrons. The summed E-state index contributed by atoms with van der Waals surface area (Å²) in [6.45, 7) is 2.81. The predicted octanol–water partition coefficient (Wildman–Crippen LogP) is 2.88. The Morgan fingerprint density at radius 3 is 2.65 bits per heavy atom. The second kappa shape index (κ2) is 5.19. The summed E-state index contributed by atoms with van der Waals surface area (Å²) in [5.74, 6) is 0.733. The minimum absolute atomic E-state index is 0.0952. The van der Waals surface area contributed by atoms with Crippen LogP contribution in [0.15, 0.2) is 30.3 Å². The second-order valence-electron chi connectivity index (χ2n) is 5.40. The van der Waals surface area contributed by atoms with Crippen molar-refractivity contribution in [2.24, 2.45) is 17.1 Å². The number of rotatable bonds is 4. The molecule has 1 aliphatic carbocycles. The zero-order chi connectivity index (χ0) is 12.3. The average Bonchev–Trinajstić information content (AvgIpc) is 2.84. The lowest BCUT2D eigenvalue weighted by atomic mass is 9.76. The summed E-state index contributed by atoms with van der Waals surface area (Å²) in [5, 5.41) is 10.6. The molecule has 94 valence electrons. The third-order valence-corrected chi connectivity index (χ3v) is 4.42. The van der Waals surface area contributed by atoms with Gasteiger partial charge < -0.3 is 10.8 Å². The molecule has 2 rings (SSSR count). The summed E-state index contributed by atoms with van der Waals surface area (Å²) >= 11 is 0. The monoisotopic (exact) mass is 233 g/mol. The summed E-state index contributed by atoms with van der Waals surface area (Å²) in [5.41, 5.74) is 6.88. The highest BCUT2D eigenvalue weighted by molar-refractivity contribution is 5.20. The molecule has 0 aromatic heterocycles. The molecule has 0 saturated heterocycles. The predicted molar refractivity (Wildman–Crippen MR) is 70.5 cm³/mol. The second-order valence-corrected chi connectivity index (χ2v) is 5.40. The highest BCUT2D eigenvalue weighted by Gasteiger charge is 2.43. The number of hydrogen-bond acceptors (Lipinski definition) is 2. The molecule has 0 bridgehead atoms. The van der Waals surface area contributed by atoms with E-state index < -0.39 is 6.10 Å². The van der Waals surface area contributed by atoms with Crippen LogP contribution in [-0.2, 0) is 0 Å². The van der Waals surface area contributed by atoms with Gasteiger partial charge in [-0.25, -0.2) is 0 Å². The maximum absolute atomic E-state index is 10.6. The lowest BCUT2D eigenvalue weighted by molar-refractivity contribution is 0.0301. The third-order valence-electron chi connectivity index (χ3n) is 4.42. The van der Waals surface area contributed by atoms with Crippen molar-refractivity contribution in [3.05, 3.63) is 35.9 Å². The zero-order valence-electron chi connectivity index (χ0n) is 10.6. The smallest absolute Gasteiger partial charge is 0.0858 e. The van der Waals surface area contributed by atoms with Gasteiger partial charge in [-0.3, -0.25) is 0 Å². The van der Waals surface area contributed by atoms with Gasteiger partial charge in [0.1, 0.15) is 0 Å². The Balaban J connectivity index is 2.19. The number of aliphatic hydroxyl groups is 1. The fraction of sp³-hybridized carbons (Fsp3) is 0.600. The fourth-order valence-corrected chi connectivity index (χ4v) is 3.15. The molecule has 2 nitrogen and oxygen atoms in total. The Hall–Kier alpha value is -0.860. The van der Waals surface area contributed by atoms with Gasteiger partial charge in [0.2, 0.25) is 0 Å².